The minimum absolute atomic E-state index is 0.0685. The average molecular weight is 221 g/mol. The molecule has 1 N–H and O–H groups in total. The molecule has 1 amide bonds. The molecular formula is C12H15NOS. The Kier molecular flexibility index (Phi) is 3.93. The zero-order chi connectivity index (χ0) is 11.4. The first-order valence-corrected chi connectivity index (χ1v) is 5.74. The second kappa shape index (κ2) is 4.99. The number of carbonyl (C=O) groups is 1. The van der Waals surface area contributed by atoms with Gasteiger partial charge >= 0.3 is 0 Å². The molecule has 3 heteroatoms. The number of aryl methyl sites for hydroxylation is 2. The van der Waals surface area contributed by atoms with Crippen molar-refractivity contribution >= 4 is 17.2 Å². The molecule has 1 unspecified atom stereocenters. The van der Waals surface area contributed by atoms with Crippen molar-refractivity contribution in [1.29, 1.82) is 0 Å². The first-order chi connectivity index (χ1) is 7.08. The molecule has 80 valence electrons. The van der Waals surface area contributed by atoms with Crippen LogP contribution < -0.4 is 5.32 Å². The van der Waals surface area contributed by atoms with Gasteiger partial charge in [0.15, 0.2) is 0 Å². The predicted octanol–water partition coefficient (Wildman–Crippen LogP) is 2.51. The van der Waals surface area contributed by atoms with Crippen LogP contribution in [-0.4, -0.2) is 11.9 Å². The molecule has 0 saturated heterocycles. The van der Waals surface area contributed by atoms with Crippen molar-refractivity contribution in [2.75, 3.05) is 0 Å². The van der Waals surface area contributed by atoms with Crippen LogP contribution in [0.5, 0.6) is 0 Å². The van der Waals surface area contributed by atoms with E-state index in [1.807, 2.05) is 26.8 Å². The molecular weight excluding hydrogens is 206 g/mol. The van der Waals surface area contributed by atoms with Crippen LogP contribution >= 0.6 is 11.3 Å². The maximum atomic E-state index is 11.7. The average Bonchev–Trinajstić information content (AvgIpc) is 2.55. The normalized spacial score (nSPS) is 11.9. The first-order valence-electron chi connectivity index (χ1n) is 4.92. The summed E-state index contributed by atoms with van der Waals surface area (Å²) in [6.45, 7) is 5.96. The zero-order valence-electron chi connectivity index (χ0n) is 9.26. The van der Waals surface area contributed by atoms with E-state index in [0.717, 1.165) is 16.9 Å². The van der Waals surface area contributed by atoms with Gasteiger partial charge in [0.2, 0.25) is 0 Å². The van der Waals surface area contributed by atoms with Gasteiger partial charge in [0.25, 0.3) is 5.91 Å². The maximum Gasteiger partial charge on any atom is 0.262 e. The topological polar surface area (TPSA) is 29.1 Å². The molecule has 0 fully saturated rings. The standard InChI is InChI=1S/C12H15NOS/c1-5-10(6-2)13-12(14)11-7-8(3)9(4)15-11/h1,7,10H,6H2,2-4H3,(H,13,14). The largest absolute Gasteiger partial charge is 0.338 e. The number of hydrogen-bond donors (Lipinski definition) is 1. The highest BCUT2D eigenvalue weighted by Crippen LogP contribution is 2.20. The van der Waals surface area contributed by atoms with Gasteiger partial charge in [-0.05, 0) is 31.9 Å². The fourth-order valence-corrected chi connectivity index (χ4v) is 2.11. The fraction of sp³-hybridized carbons (Fsp3) is 0.417. The number of amides is 1. The highest BCUT2D eigenvalue weighted by Gasteiger charge is 2.12. The van der Waals surface area contributed by atoms with Crippen LogP contribution in [0.3, 0.4) is 0 Å². The minimum atomic E-state index is -0.166. The third kappa shape index (κ3) is 2.84. The van der Waals surface area contributed by atoms with E-state index < -0.39 is 0 Å². The number of rotatable bonds is 3. The number of hydrogen-bond acceptors (Lipinski definition) is 2. The van der Waals surface area contributed by atoms with E-state index in [9.17, 15) is 4.79 Å². The molecule has 0 saturated carbocycles. The Bertz CT molecular complexity index is 381. The lowest BCUT2D eigenvalue weighted by atomic mass is 10.2. The number of thiophene rings is 1. The molecule has 1 aromatic rings. The van der Waals surface area contributed by atoms with E-state index in [1.54, 1.807) is 0 Å². The summed E-state index contributed by atoms with van der Waals surface area (Å²) in [6, 6.07) is 1.73. The van der Waals surface area contributed by atoms with E-state index >= 15 is 0 Å². The molecule has 0 spiro atoms. The molecule has 0 bridgehead atoms. The highest BCUT2D eigenvalue weighted by molar-refractivity contribution is 7.14. The van der Waals surface area contributed by atoms with Gasteiger partial charge in [-0.15, -0.1) is 17.8 Å². The highest BCUT2D eigenvalue weighted by atomic mass is 32.1. The van der Waals surface area contributed by atoms with Crippen LogP contribution in [0.15, 0.2) is 6.07 Å². The van der Waals surface area contributed by atoms with E-state index in [4.69, 9.17) is 6.42 Å². The summed E-state index contributed by atoms with van der Waals surface area (Å²) < 4.78 is 0. The summed E-state index contributed by atoms with van der Waals surface area (Å²) >= 11 is 1.50. The van der Waals surface area contributed by atoms with Gasteiger partial charge in [-0.3, -0.25) is 4.79 Å². The third-order valence-corrected chi connectivity index (χ3v) is 3.46. The lowest BCUT2D eigenvalue weighted by molar-refractivity contribution is 0.0949. The van der Waals surface area contributed by atoms with Gasteiger partial charge in [-0.25, -0.2) is 0 Å². The van der Waals surface area contributed by atoms with Crippen LogP contribution in [0.1, 0.15) is 33.5 Å². The van der Waals surface area contributed by atoms with Crippen molar-refractivity contribution in [3.63, 3.8) is 0 Å². The van der Waals surface area contributed by atoms with Crippen molar-refractivity contribution in [2.24, 2.45) is 0 Å². The van der Waals surface area contributed by atoms with E-state index in [2.05, 4.69) is 11.2 Å². The van der Waals surface area contributed by atoms with Crippen LogP contribution in [-0.2, 0) is 0 Å². The molecule has 0 aliphatic heterocycles. The summed E-state index contributed by atoms with van der Waals surface area (Å²) in [5.41, 5.74) is 1.15. The molecule has 1 atom stereocenters. The van der Waals surface area contributed by atoms with Gasteiger partial charge in [0, 0.05) is 4.88 Å². The van der Waals surface area contributed by atoms with E-state index in [1.165, 1.54) is 16.2 Å². The Balaban J connectivity index is 2.74. The summed E-state index contributed by atoms with van der Waals surface area (Å²) in [5.74, 6) is 2.48. The molecule has 1 rings (SSSR count). The van der Waals surface area contributed by atoms with Crippen molar-refractivity contribution in [3.8, 4) is 12.3 Å². The summed E-state index contributed by atoms with van der Waals surface area (Å²) in [5, 5.41) is 2.81. The summed E-state index contributed by atoms with van der Waals surface area (Å²) in [4.78, 5) is 13.7. The lowest BCUT2D eigenvalue weighted by Crippen LogP contribution is -2.32. The molecule has 1 heterocycles. The van der Waals surface area contributed by atoms with Crippen molar-refractivity contribution in [3.05, 3.63) is 21.4 Å². The monoisotopic (exact) mass is 221 g/mol. The van der Waals surface area contributed by atoms with Gasteiger partial charge in [0.05, 0.1) is 10.9 Å². The number of nitrogens with one attached hydrogen (secondary N) is 1. The van der Waals surface area contributed by atoms with Gasteiger partial charge in [-0.2, -0.15) is 0 Å². The molecule has 1 aromatic heterocycles. The first kappa shape index (κ1) is 11.8. The van der Waals surface area contributed by atoms with Crippen molar-refractivity contribution < 1.29 is 4.79 Å². The van der Waals surface area contributed by atoms with Crippen LogP contribution in [0, 0.1) is 26.2 Å². The van der Waals surface area contributed by atoms with E-state index in [-0.39, 0.29) is 11.9 Å². The van der Waals surface area contributed by atoms with Gasteiger partial charge in [-0.1, -0.05) is 12.8 Å². The number of carbonyl (C=O) groups excluding carboxylic acids is 1. The van der Waals surface area contributed by atoms with Crippen LogP contribution in [0.25, 0.3) is 0 Å². The smallest absolute Gasteiger partial charge is 0.262 e. The second-order valence-corrected chi connectivity index (χ2v) is 4.71. The zero-order valence-corrected chi connectivity index (χ0v) is 10.1. The Morgan fingerprint density at radius 3 is 2.73 bits per heavy atom. The molecule has 0 aliphatic rings. The van der Waals surface area contributed by atoms with Crippen molar-refractivity contribution in [2.45, 2.75) is 33.2 Å². The SMILES string of the molecule is C#CC(CC)NC(=O)c1cc(C)c(C)s1. The Labute approximate surface area is 94.7 Å². The molecule has 15 heavy (non-hydrogen) atoms. The lowest BCUT2D eigenvalue weighted by Gasteiger charge is -2.08. The number of terminal acetylenes is 1. The maximum absolute atomic E-state index is 11.7. The van der Waals surface area contributed by atoms with Gasteiger partial charge < -0.3 is 5.32 Å². The van der Waals surface area contributed by atoms with Crippen LogP contribution in [0.4, 0.5) is 0 Å². The van der Waals surface area contributed by atoms with Crippen LogP contribution in [0.2, 0.25) is 0 Å². The summed E-state index contributed by atoms with van der Waals surface area (Å²) in [7, 11) is 0. The Morgan fingerprint density at radius 1 is 1.67 bits per heavy atom. The summed E-state index contributed by atoms with van der Waals surface area (Å²) in [6.07, 6.45) is 6.04. The predicted molar refractivity (Wildman–Crippen MR) is 64.2 cm³/mol. The second-order valence-electron chi connectivity index (χ2n) is 3.45. The van der Waals surface area contributed by atoms with E-state index in [0.29, 0.717) is 0 Å². The van der Waals surface area contributed by atoms with Gasteiger partial charge in [0.1, 0.15) is 0 Å². The molecule has 2 nitrogen and oxygen atoms in total. The molecule has 0 aromatic carbocycles. The minimum Gasteiger partial charge on any atom is -0.338 e. The molecule has 0 aliphatic carbocycles. The van der Waals surface area contributed by atoms with Crippen molar-refractivity contribution in [1.82, 2.24) is 5.32 Å². The fourth-order valence-electron chi connectivity index (χ4n) is 1.18. The third-order valence-electron chi connectivity index (χ3n) is 2.30. The quantitative estimate of drug-likeness (QED) is 0.781. The Hall–Kier alpha value is -1.27. The Morgan fingerprint density at radius 2 is 2.33 bits per heavy atom. The molecule has 0 radical (unpaired) electrons.